The molecule has 1 amide bonds. The number of carbonyl (C=O) groups excluding carboxylic acids is 1. The first kappa shape index (κ1) is 16.8. The molecule has 1 N–H and O–H groups in total. The lowest BCUT2D eigenvalue weighted by Crippen LogP contribution is -2.30. The summed E-state index contributed by atoms with van der Waals surface area (Å²) in [7, 11) is 0. The largest absolute Gasteiger partial charge is 0.354 e. The molecule has 0 bridgehead atoms. The van der Waals surface area contributed by atoms with Gasteiger partial charge in [0, 0.05) is 37.1 Å². The SMILES string of the molecule is Cc1cc2ccccc2n1CC(=O)NCCc1nnc2n1CCCCC2. The Balaban J connectivity index is 1.36. The number of benzene rings is 1. The van der Waals surface area contributed by atoms with Crippen molar-refractivity contribution in [3.63, 3.8) is 0 Å². The molecule has 1 aliphatic heterocycles. The summed E-state index contributed by atoms with van der Waals surface area (Å²) in [5.41, 5.74) is 2.20. The molecule has 136 valence electrons. The highest BCUT2D eigenvalue weighted by Crippen LogP contribution is 2.19. The molecule has 3 aromatic rings. The van der Waals surface area contributed by atoms with E-state index in [0.29, 0.717) is 13.1 Å². The van der Waals surface area contributed by atoms with Crippen molar-refractivity contribution in [3.05, 3.63) is 47.7 Å². The first-order valence-corrected chi connectivity index (χ1v) is 9.45. The molecule has 0 aliphatic carbocycles. The smallest absolute Gasteiger partial charge is 0.239 e. The number of rotatable bonds is 5. The van der Waals surface area contributed by atoms with Gasteiger partial charge in [-0.25, -0.2) is 0 Å². The van der Waals surface area contributed by atoms with Crippen LogP contribution in [0.2, 0.25) is 0 Å². The van der Waals surface area contributed by atoms with Crippen LogP contribution < -0.4 is 5.32 Å². The van der Waals surface area contributed by atoms with E-state index in [2.05, 4.69) is 42.8 Å². The molecule has 0 saturated carbocycles. The van der Waals surface area contributed by atoms with Crippen LogP contribution in [0.3, 0.4) is 0 Å². The number of carbonyl (C=O) groups is 1. The van der Waals surface area contributed by atoms with Crippen LogP contribution in [-0.4, -0.2) is 31.8 Å². The van der Waals surface area contributed by atoms with E-state index in [4.69, 9.17) is 0 Å². The van der Waals surface area contributed by atoms with E-state index in [1.54, 1.807) is 0 Å². The zero-order chi connectivity index (χ0) is 17.9. The summed E-state index contributed by atoms with van der Waals surface area (Å²) in [6.07, 6.45) is 5.37. The van der Waals surface area contributed by atoms with E-state index in [9.17, 15) is 4.79 Å². The van der Waals surface area contributed by atoms with Gasteiger partial charge in [0.05, 0.1) is 0 Å². The van der Waals surface area contributed by atoms with Gasteiger partial charge in [-0.2, -0.15) is 0 Å². The first-order valence-electron chi connectivity index (χ1n) is 9.45. The number of aryl methyl sites for hydroxylation is 2. The third kappa shape index (κ3) is 3.36. The summed E-state index contributed by atoms with van der Waals surface area (Å²) in [4.78, 5) is 12.4. The molecule has 2 aromatic heterocycles. The molecule has 0 radical (unpaired) electrons. The van der Waals surface area contributed by atoms with Crippen molar-refractivity contribution in [3.8, 4) is 0 Å². The zero-order valence-electron chi connectivity index (χ0n) is 15.2. The topological polar surface area (TPSA) is 64.7 Å². The average Bonchev–Trinajstić information content (AvgIpc) is 3.06. The summed E-state index contributed by atoms with van der Waals surface area (Å²) in [6, 6.07) is 10.3. The van der Waals surface area contributed by atoms with Crippen molar-refractivity contribution in [1.29, 1.82) is 0 Å². The minimum absolute atomic E-state index is 0.0325. The van der Waals surface area contributed by atoms with Crippen LogP contribution in [0.4, 0.5) is 0 Å². The molecule has 3 heterocycles. The van der Waals surface area contributed by atoms with Crippen LogP contribution in [0.5, 0.6) is 0 Å². The molecule has 1 aliphatic rings. The van der Waals surface area contributed by atoms with Crippen molar-refractivity contribution < 1.29 is 4.79 Å². The second-order valence-electron chi connectivity index (χ2n) is 7.03. The average molecular weight is 351 g/mol. The maximum absolute atomic E-state index is 12.4. The molecule has 0 fully saturated rings. The number of hydrogen-bond donors (Lipinski definition) is 1. The first-order chi connectivity index (χ1) is 12.7. The van der Waals surface area contributed by atoms with Crippen LogP contribution in [0.1, 0.15) is 36.6 Å². The van der Waals surface area contributed by atoms with Gasteiger partial charge in [0.25, 0.3) is 0 Å². The summed E-state index contributed by atoms with van der Waals surface area (Å²) >= 11 is 0. The van der Waals surface area contributed by atoms with Gasteiger partial charge in [0.2, 0.25) is 5.91 Å². The lowest BCUT2D eigenvalue weighted by molar-refractivity contribution is -0.121. The van der Waals surface area contributed by atoms with Gasteiger partial charge < -0.3 is 14.5 Å². The summed E-state index contributed by atoms with van der Waals surface area (Å²) in [6.45, 7) is 3.98. The van der Waals surface area contributed by atoms with Crippen molar-refractivity contribution >= 4 is 16.8 Å². The maximum atomic E-state index is 12.4. The highest BCUT2D eigenvalue weighted by Gasteiger charge is 2.15. The number of nitrogens with zero attached hydrogens (tertiary/aromatic N) is 4. The van der Waals surface area contributed by atoms with Crippen LogP contribution in [-0.2, 0) is 30.7 Å². The molecule has 6 heteroatoms. The fourth-order valence-electron chi connectivity index (χ4n) is 3.80. The van der Waals surface area contributed by atoms with Crippen molar-refractivity contribution in [2.24, 2.45) is 0 Å². The number of nitrogens with one attached hydrogen (secondary N) is 1. The van der Waals surface area contributed by atoms with E-state index in [1.807, 2.05) is 19.1 Å². The minimum Gasteiger partial charge on any atom is -0.354 e. The predicted molar refractivity (Wildman–Crippen MR) is 101 cm³/mol. The predicted octanol–water partition coefficient (Wildman–Crippen LogP) is 2.63. The third-order valence-electron chi connectivity index (χ3n) is 5.18. The van der Waals surface area contributed by atoms with Crippen molar-refractivity contribution in [2.45, 2.75) is 52.1 Å². The Morgan fingerprint density at radius 2 is 2.08 bits per heavy atom. The molecule has 0 spiro atoms. The minimum atomic E-state index is 0.0325. The van der Waals surface area contributed by atoms with Gasteiger partial charge in [-0.05, 0) is 37.3 Å². The van der Waals surface area contributed by atoms with Crippen molar-refractivity contribution in [1.82, 2.24) is 24.6 Å². The van der Waals surface area contributed by atoms with Gasteiger partial charge in [0.1, 0.15) is 18.2 Å². The Morgan fingerprint density at radius 1 is 1.19 bits per heavy atom. The fraction of sp³-hybridized carbons (Fsp3) is 0.450. The number of para-hydroxylation sites is 1. The van der Waals surface area contributed by atoms with Crippen molar-refractivity contribution in [2.75, 3.05) is 6.54 Å². The van der Waals surface area contributed by atoms with Crippen LogP contribution in [0.25, 0.3) is 10.9 Å². The molecule has 0 unspecified atom stereocenters. The van der Waals surface area contributed by atoms with E-state index < -0.39 is 0 Å². The van der Waals surface area contributed by atoms with Gasteiger partial charge >= 0.3 is 0 Å². The lowest BCUT2D eigenvalue weighted by atomic mass is 10.2. The molecular formula is C20H25N5O. The van der Waals surface area contributed by atoms with E-state index in [-0.39, 0.29) is 5.91 Å². The van der Waals surface area contributed by atoms with Gasteiger partial charge in [0.15, 0.2) is 0 Å². The van der Waals surface area contributed by atoms with Gasteiger partial charge in [-0.15, -0.1) is 10.2 Å². The molecular weight excluding hydrogens is 326 g/mol. The van der Waals surface area contributed by atoms with Crippen LogP contribution in [0, 0.1) is 6.92 Å². The van der Waals surface area contributed by atoms with Gasteiger partial charge in [-0.1, -0.05) is 24.6 Å². The molecule has 0 saturated heterocycles. The molecule has 6 nitrogen and oxygen atoms in total. The zero-order valence-corrected chi connectivity index (χ0v) is 15.2. The maximum Gasteiger partial charge on any atom is 0.239 e. The Morgan fingerprint density at radius 3 is 3.00 bits per heavy atom. The number of aromatic nitrogens is 4. The van der Waals surface area contributed by atoms with E-state index in [0.717, 1.165) is 42.2 Å². The Bertz CT molecular complexity index is 924. The molecule has 26 heavy (non-hydrogen) atoms. The van der Waals surface area contributed by atoms with Crippen LogP contribution in [0.15, 0.2) is 30.3 Å². The molecule has 4 rings (SSSR count). The summed E-state index contributed by atoms with van der Waals surface area (Å²) in [5.74, 6) is 2.12. The molecule has 0 atom stereocenters. The normalized spacial score (nSPS) is 14.2. The second-order valence-corrected chi connectivity index (χ2v) is 7.03. The summed E-state index contributed by atoms with van der Waals surface area (Å²) < 4.78 is 4.30. The number of fused-ring (bicyclic) bond motifs is 2. The number of hydrogen-bond acceptors (Lipinski definition) is 3. The van der Waals surface area contributed by atoms with E-state index in [1.165, 1.54) is 24.6 Å². The van der Waals surface area contributed by atoms with Gasteiger partial charge in [-0.3, -0.25) is 4.79 Å². The number of amides is 1. The second kappa shape index (κ2) is 7.32. The Labute approximate surface area is 153 Å². The lowest BCUT2D eigenvalue weighted by Gasteiger charge is -2.10. The van der Waals surface area contributed by atoms with E-state index >= 15 is 0 Å². The fourth-order valence-corrected chi connectivity index (χ4v) is 3.80. The third-order valence-corrected chi connectivity index (χ3v) is 5.18. The quantitative estimate of drug-likeness (QED) is 0.768. The Hall–Kier alpha value is -2.63. The molecule has 1 aromatic carbocycles. The Kier molecular flexibility index (Phi) is 4.73. The summed E-state index contributed by atoms with van der Waals surface area (Å²) in [5, 5.41) is 12.8. The monoisotopic (exact) mass is 351 g/mol. The standard InChI is InChI=1S/C20H25N5O/c1-15-13-16-7-4-5-8-17(16)25(15)14-20(26)21-11-10-19-23-22-18-9-3-2-6-12-24(18)19/h4-5,7-8,13H,2-3,6,9-12,14H2,1H3,(H,21,26). The van der Waals surface area contributed by atoms with Crippen LogP contribution >= 0.6 is 0 Å². The highest BCUT2D eigenvalue weighted by atomic mass is 16.1. The highest BCUT2D eigenvalue weighted by molar-refractivity contribution is 5.84.